The second kappa shape index (κ2) is 12.6. The third-order valence-electron chi connectivity index (χ3n) is 0.881. The van der Waals surface area contributed by atoms with E-state index in [1.54, 1.807) is 0 Å². The minimum absolute atomic E-state index is 0. The van der Waals surface area contributed by atoms with Crippen LogP contribution in [0.3, 0.4) is 0 Å². The van der Waals surface area contributed by atoms with Gasteiger partial charge < -0.3 is 10.1 Å². The van der Waals surface area contributed by atoms with Gasteiger partial charge in [0.15, 0.2) is 0 Å². The molecule has 0 atom stereocenters. The molecular formula is C8H19NO3. The molecule has 0 saturated heterocycles. The Morgan fingerprint density at radius 2 is 2.17 bits per heavy atom. The van der Waals surface area contributed by atoms with Crippen LogP contribution >= 0.6 is 0 Å². The molecule has 0 aliphatic rings. The van der Waals surface area contributed by atoms with Gasteiger partial charge >= 0.3 is 0 Å². The zero-order valence-electron chi connectivity index (χ0n) is 7.92. The Morgan fingerprint density at radius 3 is 2.58 bits per heavy atom. The van der Waals surface area contributed by atoms with Crippen LogP contribution in [0.15, 0.2) is 0 Å². The maximum absolute atomic E-state index is 10.3. The highest BCUT2D eigenvalue weighted by molar-refractivity contribution is 5.72. The van der Waals surface area contributed by atoms with Gasteiger partial charge in [0.25, 0.3) is 6.47 Å². The predicted molar refractivity (Wildman–Crippen MR) is 48.8 cm³/mol. The lowest BCUT2D eigenvalue weighted by Crippen LogP contribution is -2.21. The maximum Gasteiger partial charge on any atom is 0.293 e. The lowest BCUT2D eigenvalue weighted by Gasteiger charge is -1.99. The van der Waals surface area contributed by atoms with Gasteiger partial charge in [0.1, 0.15) is 0 Å². The zero-order valence-corrected chi connectivity index (χ0v) is 7.92. The summed E-state index contributed by atoms with van der Waals surface area (Å²) >= 11 is 0. The van der Waals surface area contributed by atoms with Gasteiger partial charge in [-0.25, -0.2) is 0 Å². The molecule has 12 heavy (non-hydrogen) atoms. The Kier molecular flexibility index (Phi) is 14.2. The van der Waals surface area contributed by atoms with Crippen LogP contribution in [-0.2, 0) is 14.3 Å². The van der Waals surface area contributed by atoms with Crippen molar-refractivity contribution in [3.63, 3.8) is 0 Å². The second-order valence-corrected chi connectivity index (χ2v) is 1.80. The summed E-state index contributed by atoms with van der Waals surface area (Å²) < 4.78 is 4.38. The molecular weight excluding hydrogens is 158 g/mol. The van der Waals surface area contributed by atoms with Crippen LogP contribution in [0.2, 0.25) is 0 Å². The number of ether oxygens (including phenoxy) is 1. The molecule has 0 aromatic rings. The first-order valence-electron chi connectivity index (χ1n) is 4.07. The zero-order chi connectivity index (χ0) is 9.82. The molecule has 0 rings (SSSR count). The average molecular weight is 177 g/mol. The first-order chi connectivity index (χ1) is 5.77. The van der Waals surface area contributed by atoms with Gasteiger partial charge in [0.2, 0.25) is 5.91 Å². The summed E-state index contributed by atoms with van der Waals surface area (Å²) in [5, 5.41) is 2.57. The molecule has 0 radical (unpaired) electrons. The Labute approximate surface area is 74.8 Å². The highest BCUT2D eigenvalue weighted by Crippen LogP contribution is 1.76. The summed E-state index contributed by atoms with van der Waals surface area (Å²) in [6, 6.07) is 0. The van der Waals surface area contributed by atoms with E-state index in [4.69, 9.17) is 0 Å². The molecule has 0 heterocycles. The lowest BCUT2D eigenvalue weighted by molar-refractivity contribution is -0.128. The van der Waals surface area contributed by atoms with Crippen molar-refractivity contribution in [3.05, 3.63) is 0 Å². The number of hydrogen-bond acceptors (Lipinski definition) is 3. The Bertz CT molecular complexity index is 120. The van der Waals surface area contributed by atoms with Crippen LogP contribution < -0.4 is 5.32 Å². The molecule has 0 fully saturated rings. The van der Waals surface area contributed by atoms with Crippen LogP contribution in [0.4, 0.5) is 0 Å². The van der Waals surface area contributed by atoms with Gasteiger partial charge in [-0.2, -0.15) is 0 Å². The van der Waals surface area contributed by atoms with E-state index in [-0.39, 0.29) is 7.33 Å². The molecule has 4 nitrogen and oxygen atoms in total. The summed E-state index contributed by atoms with van der Waals surface area (Å²) in [6.07, 6.45) is 0.665. The van der Waals surface area contributed by atoms with Crippen molar-refractivity contribution in [2.75, 3.05) is 13.2 Å². The van der Waals surface area contributed by atoms with E-state index in [0.717, 1.165) is 0 Å². The second-order valence-electron chi connectivity index (χ2n) is 1.80. The summed E-state index contributed by atoms with van der Waals surface area (Å²) in [6.45, 7) is 6.77. The van der Waals surface area contributed by atoms with Gasteiger partial charge in [-0.15, -0.1) is 0 Å². The third-order valence-corrected chi connectivity index (χ3v) is 0.881. The summed E-state index contributed by atoms with van der Waals surface area (Å²) in [5.41, 5.74) is 0. The number of carbonyl (C=O) groups is 2. The smallest absolute Gasteiger partial charge is 0.293 e. The fourth-order valence-electron chi connectivity index (χ4n) is 0.468. The Morgan fingerprint density at radius 1 is 1.58 bits per heavy atom. The van der Waals surface area contributed by atoms with Gasteiger partial charge in [0.05, 0.1) is 6.61 Å². The molecule has 0 aliphatic carbocycles. The third kappa shape index (κ3) is 16.0. The summed E-state index contributed by atoms with van der Waals surface area (Å²) in [7, 11) is 0. The van der Waals surface area contributed by atoms with Crippen molar-refractivity contribution in [2.24, 2.45) is 0 Å². The number of carbonyl (C=O) groups excluding carboxylic acids is 2. The first kappa shape index (κ1) is 13.5. The first-order valence-corrected chi connectivity index (χ1v) is 4.07. The molecule has 1 amide bonds. The van der Waals surface area contributed by atoms with Crippen molar-refractivity contribution >= 4 is 12.4 Å². The SMILES string of the molecule is CC.CC(=O)NCCCOC=O.[HH]. The predicted octanol–water partition coefficient (Wildman–Crippen LogP) is 0.958. The standard InChI is InChI=1S/C6H11NO3.C2H6.H2/c1-6(9)7-3-2-4-10-5-8;1-2;/h5H,2-4H2,1H3,(H,7,9);1-2H3;1H. The number of hydrogen-bond donors (Lipinski definition) is 1. The van der Waals surface area contributed by atoms with Crippen molar-refractivity contribution in [1.29, 1.82) is 0 Å². The van der Waals surface area contributed by atoms with Crippen molar-refractivity contribution in [2.45, 2.75) is 27.2 Å². The average Bonchev–Trinajstić information content (AvgIpc) is 2.07. The van der Waals surface area contributed by atoms with E-state index < -0.39 is 0 Å². The molecule has 0 aromatic carbocycles. The highest BCUT2D eigenvalue weighted by atomic mass is 16.5. The minimum atomic E-state index is -0.0638. The van der Waals surface area contributed by atoms with E-state index in [0.29, 0.717) is 26.0 Å². The van der Waals surface area contributed by atoms with Crippen molar-refractivity contribution in [1.82, 2.24) is 5.32 Å². The lowest BCUT2D eigenvalue weighted by atomic mass is 10.4. The molecule has 0 unspecified atom stereocenters. The van der Waals surface area contributed by atoms with Crippen LogP contribution in [0.5, 0.6) is 0 Å². The van der Waals surface area contributed by atoms with E-state index in [9.17, 15) is 9.59 Å². The fraction of sp³-hybridized carbons (Fsp3) is 0.750. The van der Waals surface area contributed by atoms with Gasteiger partial charge in [-0.05, 0) is 6.42 Å². The van der Waals surface area contributed by atoms with Gasteiger partial charge in [-0.1, -0.05) is 13.8 Å². The molecule has 0 spiro atoms. The Hall–Kier alpha value is -1.06. The highest BCUT2D eigenvalue weighted by Gasteiger charge is 1.89. The maximum atomic E-state index is 10.3. The van der Waals surface area contributed by atoms with E-state index >= 15 is 0 Å². The number of amides is 1. The van der Waals surface area contributed by atoms with Crippen LogP contribution in [0.25, 0.3) is 0 Å². The van der Waals surface area contributed by atoms with E-state index in [1.807, 2.05) is 13.8 Å². The Balaban J connectivity index is -0.000000309. The summed E-state index contributed by atoms with van der Waals surface area (Å²) in [5.74, 6) is -0.0638. The topological polar surface area (TPSA) is 55.4 Å². The normalized spacial score (nSPS) is 7.58. The van der Waals surface area contributed by atoms with Gasteiger partial charge in [-0.3, -0.25) is 9.59 Å². The largest absolute Gasteiger partial charge is 0.468 e. The number of rotatable bonds is 5. The van der Waals surface area contributed by atoms with Crippen LogP contribution in [-0.4, -0.2) is 25.5 Å². The van der Waals surface area contributed by atoms with Crippen molar-refractivity contribution in [3.8, 4) is 0 Å². The molecule has 4 heteroatoms. The van der Waals surface area contributed by atoms with Crippen LogP contribution in [0, 0.1) is 0 Å². The van der Waals surface area contributed by atoms with Gasteiger partial charge in [0, 0.05) is 14.9 Å². The van der Waals surface area contributed by atoms with Crippen molar-refractivity contribution < 1.29 is 15.8 Å². The minimum Gasteiger partial charge on any atom is -0.468 e. The summed E-state index contributed by atoms with van der Waals surface area (Å²) in [4.78, 5) is 19.8. The molecule has 0 saturated carbocycles. The molecule has 0 bridgehead atoms. The van der Waals surface area contributed by atoms with E-state index in [2.05, 4.69) is 10.1 Å². The van der Waals surface area contributed by atoms with E-state index in [1.165, 1.54) is 6.92 Å². The quantitative estimate of drug-likeness (QED) is 0.502. The molecule has 74 valence electrons. The van der Waals surface area contributed by atoms with Crippen LogP contribution in [0.1, 0.15) is 28.6 Å². The molecule has 0 aromatic heterocycles. The fourth-order valence-corrected chi connectivity index (χ4v) is 0.468. The number of nitrogens with one attached hydrogen (secondary N) is 1. The molecule has 1 N–H and O–H groups in total. The molecule has 0 aliphatic heterocycles. The monoisotopic (exact) mass is 177 g/mol.